The minimum atomic E-state index is -0.388. The summed E-state index contributed by atoms with van der Waals surface area (Å²) in [6.07, 6.45) is 2.73. The number of aliphatic hydroxyl groups excluding tert-OH is 1. The van der Waals surface area contributed by atoms with Crippen molar-refractivity contribution in [2.45, 2.75) is 53.4 Å². The summed E-state index contributed by atoms with van der Waals surface area (Å²) in [5.74, 6) is 0.350. The first-order valence-corrected chi connectivity index (χ1v) is 7.47. The zero-order valence-electron chi connectivity index (χ0n) is 13.3. The van der Waals surface area contributed by atoms with Crippen LogP contribution in [-0.4, -0.2) is 36.6 Å². The van der Waals surface area contributed by atoms with E-state index in [1.54, 1.807) is 0 Å². The fourth-order valence-corrected chi connectivity index (χ4v) is 1.70. The van der Waals surface area contributed by atoms with Gasteiger partial charge in [0.25, 0.3) is 0 Å². The van der Waals surface area contributed by atoms with Crippen molar-refractivity contribution in [3.05, 3.63) is 0 Å². The summed E-state index contributed by atoms with van der Waals surface area (Å²) in [7, 11) is 0. The van der Waals surface area contributed by atoms with Crippen LogP contribution in [0.25, 0.3) is 0 Å². The predicted molar refractivity (Wildman–Crippen MR) is 80.2 cm³/mol. The first-order chi connectivity index (χ1) is 9.31. The van der Waals surface area contributed by atoms with Crippen LogP contribution in [0.1, 0.15) is 53.4 Å². The molecule has 0 aromatic heterocycles. The third kappa shape index (κ3) is 8.91. The van der Waals surface area contributed by atoms with E-state index in [0.717, 1.165) is 12.8 Å². The molecule has 20 heavy (non-hydrogen) atoms. The summed E-state index contributed by atoms with van der Waals surface area (Å²) < 4.78 is 0. The van der Waals surface area contributed by atoms with Gasteiger partial charge in [0.2, 0.25) is 11.8 Å². The Labute approximate surface area is 122 Å². The van der Waals surface area contributed by atoms with Crippen molar-refractivity contribution in [3.63, 3.8) is 0 Å². The van der Waals surface area contributed by atoms with Gasteiger partial charge in [-0.1, -0.05) is 34.1 Å². The first kappa shape index (κ1) is 18.9. The van der Waals surface area contributed by atoms with Gasteiger partial charge in [0.15, 0.2) is 0 Å². The lowest BCUT2D eigenvalue weighted by atomic mass is 9.96. The maximum Gasteiger partial charge on any atom is 0.225 e. The van der Waals surface area contributed by atoms with E-state index in [4.69, 9.17) is 5.11 Å². The number of hydrogen-bond acceptors (Lipinski definition) is 3. The molecule has 5 nitrogen and oxygen atoms in total. The molecule has 0 heterocycles. The first-order valence-electron chi connectivity index (χ1n) is 7.47. The average molecular weight is 286 g/mol. The van der Waals surface area contributed by atoms with Crippen LogP contribution in [0.15, 0.2) is 0 Å². The van der Waals surface area contributed by atoms with E-state index < -0.39 is 0 Å². The van der Waals surface area contributed by atoms with Crippen molar-refractivity contribution in [2.75, 3.05) is 19.7 Å². The molecule has 1 unspecified atom stereocenters. The molecule has 118 valence electrons. The van der Waals surface area contributed by atoms with Crippen LogP contribution in [0.5, 0.6) is 0 Å². The number of carbonyl (C=O) groups excluding carboxylic acids is 2. The lowest BCUT2D eigenvalue weighted by molar-refractivity contribution is -0.128. The standard InChI is InChI=1S/C15H30N2O3/c1-5-12(8-10-18)11-17-13(19)7-6-9-16-14(20)15(2,3)4/h12,18H,5-11H2,1-4H3,(H,16,20)(H,17,19). The molecule has 0 aromatic rings. The van der Waals surface area contributed by atoms with Gasteiger partial charge in [0.05, 0.1) is 0 Å². The highest BCUT2D eigenvalue weighted by Crippen LogP contribution is 2.12. The molecule has 0 fully saturated rings. The zero-order chi connectivity index (χ0) is 15.6. The van der Waals surface area contributed by atoms with Gasteiger partial charge < -0.3 is 15.7 Å². The van der Waals surface area contributed by atoms with E-state index >= 15 is 0 Å². The Balaban J connectivity index is 3.71. The largest absolute Gasteiger partial charge is 0.396 e. The van der Waals surface area contributed by atoms with Gasteiger partial charge in [-0.3, -0.25) is 9.59 Å². The molecule has 0 spiro atoms. The molecule has 0 aliphatic heterocycles. The van der Waals surface area contributed by atoms with E-state index in [0.29, 0.717) is 31.8 Å². The summed E-state index contributed by atoms with van der Waals surface area (Å²) in [5.41, 5.74) is -0.388. The van der Waals surface area contributed by atoms with Crippen molar-refractivity contribution in [1.29, 1.82) is 0 Å². The van der Waals surface area contributed by atoms with Gasteiger partial charge in [-0.25, -0.2) is 0 Å². The number of nitrogens with one attached hydrogen (secondary N) is 2. The molecule has 0 radical (unpaired) electrons. The van der Waals surface area contributed by atoms with Crippen LogP contribution in [0, 0.1) is 11.3 Å². The van der Waals surface area contributed by atoms with E-state index in [9.17, 15) is 9.59 Å². The van der Waals surface area contributed by atoms with Crippen LogP contribution in [0.4, 0.5) is 0 Å². The second-order valence-corrected chi connectivity index (χ2v) is 6.20. The average Bonchev–Trinajstić information content (AvgIpc) is 2.38. The second kappa shape index (κ2) is 9.75. The van der Waals surface area contributed by atoms with Gasteiger partial charge >= 0.3 is 0 Å². The van der Waals surface area contributed by atoms with Gasteiger partial charge in [0.1, 0.15) is 0 Å². The van der Waals surface area contributed by atoms with Crippen molar-refractivity contribution in [3.8, 4) is 0 Å². The van der Waals surface area contributed by atoms with Crippen LogP contribution in [0.2, 0.25) is 0 Å². The minimum absolute atomic E-state index is 0.00592. The summed E-state index contributed by atoms with van der Waals surface area (Å²) >= 11 is 0. The SMILES string of the molecule is CCC(CCO)CNC(=O)CCCNC(=O)C(C)(C)C. The third-order valence-electron chi connectivity index (χ3n) is 3.25. The van der Waals surface area contributed by atoms with Gasteiger partial charge in [-0.15, -0.1) is 0 Å². The van der Waals surface area contributed by atoms with E-state index in [1.165, 1.54) is 0 Å². The second-order valence-electron chi connectivity index (χ2n) is 6.20. The Hall–Kier alpha value is -1.10. The number of hydrogen-bond donors (Lipinski definition) is 3. The highest BCUT2D eigenvalue weighted by Gasteiger charge is 2.20. The third-order valence-corrected chi connectivity index (χ3v) is 3.25. The van der Waals surface area contributed by atoms with Crippen LogP contribution in [-0.2, 0) is 9.59 Å². The van der Waals surface area contributed by atoms with Gasteiger partial charge in [-0.05, 0) is 18.8 Å². The Kier molecular flexibility index (Phi) is 9.21. The number of amides is 2. The topological polar surface area (TPSA) is 78.4 Å². The Morgan fingerprint density at radius 2 is 1.85 bits per heavy atom. The lowest BCUT2D eigenvalue weighted by Crippen LogP contribution is -2.36. The minimum Gasteiger partial charge on any atom is -0.396 e. The number of carbonyl (C=O) groups is 2. The molecule has 0 aliphatic carbocycles. The van der Waals surface area contributed by atoms with E-state index in [2.05, 4.69) is 17.6 Å². The van der Waals surface area contributed by atoms with Crippen molar-refractivity contribution in [2.24, 2.45) is 11.3 Å². The number of rotatable bonds is 9. The molecule has 0 saturated heterocycles. The molecule has 0 aliphatic rings. The Morgan fingerprint density at radius 3 is 2.35 bits per heavy atom. The van der Waals surface area contributed by atoms with Gasteiger partial charge in [-0.2, -0.15) is 0 Å². The van der Waals surface area contributed by atoms with E-state index in [-0.39, 0.29) is 23.8 Å². The van der Waals surface area contributed by atoms with Crippen molar-refractivity contribution < 1.29 is 14.7 Å². The zero-order valence-corrected chi connectivity index (χ0v) is 13.3. The molecule has 1 atom stereocenters. The summed E-state index contributed by atoms with van der Waals surface area (Å²) in [6.45, 7) is 8.94. The molecule has 5 heteroatoms. The molecule has 3 N–H and O–H groups in total. The fraction of sp³-hybridized carbons (Fsp3) is 0.867. The monoisotopic (exact) mass is 286 g/mol. The quantitative estimate of drug-likeness (QED) is 0.561. The predicted octanol–water partition coefficient (Wildman–Crippen LogP) is 1.45. The fourth-order valence-electron chi connectivity index (χ4n) is 1.70. The summed E-state index contributed by atoms with van der Waals surface area (Å²) in [6, 6.07) is 0. The van der Waals surface area contributed by atoms with E-state index in [1.807, 2.05) is 20.8 Å². The molecule has 0 rings (SSSR count). The van der Waals surface area contributed by atoms with Crippen molar-refractivity contribution >= 4 is 11.8 Å². The normalized spacial score (nSPS) is 12.8. The summed E-state index contributed by atoms with van der Waals surface area (Å²) in [5, 5.41) is 14.6. The van der Waals surface area contributed by atoms with Crippen molar-refractivity contribution in [1.82, 2.24) is 10.6 Å². The smallest absolute Gasteiger partial charge is 0.225 e. The molecule has 0 bridgehead atoms. The van der Waals surface area contributed by atoms with Crippen LogP contribution < -0.4 is 10.6 Å². The number of aliphatic hydroxyl groups is 1. The summed E-state index contributed by atoms with van der Waals surface area (Å²) in [4.78, 5) is 23.2. The molecular weight excluding hydrogens is 256 g/mol. The van der Waals surface area contributed by atoms with Crippen LogP contribution in [0.3, 0.4) is 0 Å². The lowest BCUT2D eigenvalue weighted by Gasteiger charge is -2.17. The molecule has 0 saturated carbocycles. The maximum atomic E-state index is 11.6. The Bertz CT molecular complexity index is 298. The molecule has 0 aromatic carbocycles. The highest BCUT2D eigenvalue weighted by molar-refractivity contribution is 5.81. The highest BCUT2D eigenvalue weighted by atomic mass is 16.3. The van der Waals surface area contributed by atoms with Gasteiger partial charge in [0, 0.05) is 31.5 Å². The maximum absolute atomic E-state index is 11.6. The molecular formula is C15H30N2O3. The van der Waals surface area contributed by atoms with Crippen LogP contribution >= 0.6 is 0 Å². The Morgan fingerprint density at radius 1 is 1.20 bits per heavy atom. The molecule has 2 amide bonds.